The molecule has 88 heavy (non-hydrogen) atoms. The predicted octanol–water partition coefficient (Wildman–Crippen LogP) is 14.1. The number of hydrogen-bond donors (Lipinski definition) is 6. The molecular weight excluding hydrogens is 1180 g/mol. The number of tetrazole rings is 1. The molecule has 0 bridgehead atoms. The Labute approximate surface area is 525 Å². The molecule has 0 aliphatic heterocycles. The fraction of sp³-hybridized carbons (Fsp3) is 0.439. The highest BCUT2D eigenvalue weighted by atomic mass is 32.2. The van der Waals surface area contributed by atoms with Crippen LogP contribution in [-0.4, -0.2) is 99.0 Å². The molecule has 19 nitrogen and oxygen atoms in total. The number of ether oxygens (including phenoxy) is 3. The summed E-state index contributed by atoms with van der Waals surface area (Å²) in [4.78, 5) is 48.9. The van der Waals surface area contributed by atoms with E-state index in [1.165, 1.54) is 104 Å². The molecule has 7 rings (SSSR count). The number of primary amides is 1. The smallest absolute Gasteiger partial charge is 0.327 e. The van der Waals surface area contributed by atoms with Gasteiger partial charge < -0.3 is 40.6 Å². The van der Waals surface area contributed by atoms with Crippen molar-refractivity contribution in [3.8, 4) is 28.7 Å². The maximum Gasteiger partial charge on any atom is 0.327 e. The number of carboxylic acid groups (broad SMARTS) is 1. The number of phenols is 2. The first-order valence-corrected chi connectivity index (χ1v) is 34.0. The quantitative estimate of drug-likeness (QED) is 0.0120. The third-order valence-corrected chi connectivity index (χ3v) is 17.9. The summed E-state index contributed by atoms with van der Waals surface area (Å²) < 4.78 is 48.3. The molecule has 1 heterocycles. The Morgan fingerprint density at radius 3 is 2.00 bits per heavy atom. The van der Waals surface area contributed by atoms with E-state index in [1.807, 2.05) is 52.0 Å². The van der Waals surface area contributed by atoms with Crippen molar-refractivity contribution in [3.63, 3.8) is 0 Å². The number of sulfonamides is 1. The first-order valence-electron chi connectivity index (χ1n) is 30.4. The molecule has 0 radical (unpaired) electrons. The monoisotopic (exact) mass is 1260 g/mol. The van der Waals surface area contributed by atoms with Crippen molar-refractivity contribution in [2.45, 2.75) is 166 Å². The summed E-state index contributed by atoms with van der Waals surface area (Å²) in [6, 6.07) is 26.5. The van der Waals surface area contributed by atoms with Crippen molar-refractivity contribution < 1.29 is 57.1 Å². The summed E-state index contributed by atoms with van der Waals surface area (Å²) in [7, 11) is -3.78. The average molecular weight is 1260 g/mol. The average Bonchev–Trinajstić information content (AvgIpc) is 1.24. The molecule has 1 aromatic heterocycles. The van der Waals surface area contributed by atoms with E-state index in [0.717, 1.165) is 52.0 Å². The summed E-state index contributed by atoms with van der Waals surface area (Å²) in [6.45, 7) is 11.1. The molecule has 0 aliphatic rings. The number of aryl methyl sites for hydroxylation is 3. The first-order chi connectivity index (χ1) is 42.4. The molecule has 6 aromatic carbocycles. The van der Waals surface area contributed by atoms with Gasteiger partial charge in [0.1, 0.15) is 29.5 Å². The number of carboxylic acids is 1. The van der Waals surface area contributed by atoms with Gasteiger partial charge in [-0.1, -0.05) is 175 Å². The summed E-state index contributed by atoms with van der Waals surface area (Å²) >= 11 is 2.64. The van der Waals surface area contributed by atoms with Crippen LogP contribution in [0, 0.1) is 20.8 Å². The molecule has 0 saturated heterocycles. The van der Waals surface area contributed by atoms with Crippen LogP contribution in [0.3, 0.4) is 0 Å². The minimum Gasteiger partial charge on any atom is -0.506 e. The second-order valence-corrected chi connectivity index (χ2v) is 25.7. The highest BCUT2D eigenvalue weighted by molar-refractivity contribution is 7.99. The van der Waals surface area contributed by atoms with Gasteiger partial charge >= 0.3 is 11.9 Å². The summed E-state index contributed by atoms with van der Waals surface area (Å²) in [6.07, 6.45) is 17.7. The summed E-state index contributed by atoms with van der Waals surface area (Å²) in [5.41, 5.74) is 9.75. The fourth-order valence-corrected chi connectivity index (χ4v) is 13.0. The van der Waals surface area contributed by atoms with Crippen LogP contribution in [0.5, 0.6) is 28.7 Å². The normalized spacial score (nSPS) is 11.3. The van der Waals surface area contributed by atoms with Crippen LogP contribution < -0.4 is 25.2 Å². The third-order valence-electron chi connectivity index (χ3n) is 14.5. The summed E-state index contributed by atoms with van der Waals surface area (Å²) in [5.74, 6) is -0.974. The number of unbranched alkanes of at least 4 members (excludes halogenated alkanes) is 13. The van der Waals surface area contributed by atoms with E-state index < -0.39 is 27.9 Å². The Kier molecular flexibility index (Phi) is 28.5. The highest BCUT2D eigenvalue weighted by Crippen LogP contribution is 2.42. The number of nitrogens with two attached hydrogens (primary N) is 1. The van der Waals surface area contributed by atoms with Crippen molar-refractivity contribution >= 4 is 84.5 Å². The number of esters is 1. The Hall–Kier alpha value is -7.56. The lowest BCUT2D eigenvalue weighted by molar-refractivity contribution is -0.144. The van der Waals surface area contributed by atoms with Crippen molar-refractivity contribution in [3.05, 3.63) is 124 Å². The van der Waals surface area contributed by atoms with Crippen LogP contribution in [0.2, 0.25) is 0 Å². The van der Waals surface area contributed by atoms with E-state index in [9.17, 15) is 37.8 Å². The van der Waals surface area contributed by atoms with Gasteiger partial charge in [0.05, 0.1) is 42.2 Å². The SMILES string of the molecule is CCCCCCCCCCCCCCCCS(=O)(=O)Nc1cc(CSc2nnnn2CC(=O)OCCC)ccc1Oc1cc(C(N)=O)c(O)c2ccccc12.Cc1ccc(OCCCNC(=O)c2cc(SCCC(=O)O)c3c(C)cccc3c2O)c(C)c1. The molecule has 0 saturated carbocycles. The zero-order valence-electron chi connectivity index (χ0n) is 51.2. The molecule has 22 heteroatoms. The number of rotatable bonds is 37. The van der Waals surface area contributed by atoms with Crippen LogP contribution in [0.15, 0.2) is 101 Å². The van der Waals surface area contributed by atoms with Gasteiger partial charge in [-0.25, -0.2) is 13.1 Å². The van der Waals surface area contributed by atoms with Gasteiger partial charge in [-0.15, -0.1) is 16.9 Å². The number of benzene rings is 6. The number of hydrogen-bond acceptors (Lipinski definition) is 16. The van der Waals surface area contributed by atoms with Crippen LogP contribution in [0.4, 0.5) is 5.69 Å². The van der Waals surface area contributed by atoms with Crippen molar-refractivity contribution in [2.75, 3.05) is 36.0 Å². The lowest BCUT2D eigenvalue weighted by atomic mass is 10.0. The third kappa shape index (κ3) is 21.9. The minimum absolute atomic E-state index is 0.0148. The second-order valence-electron chi connectivity index (χ2n) is 21.7. The van der Waals surface area contributed by atoms with Crippen LogP contribution in [-0.2, 0) is 36.6 Å². The molecule has 2 amide bonds. The number of anilines is 1. The van der Waals surface area contributed by atoms with E-state index in [0.29, 0.717) is 71.8 Å². The number of fused-ring (bicyclic) bond motifs is 2. The molecule has 474 valence electrons. The molecule has 0 unspecified atom stereocenters. The van der Waals surface area contributed by atoms with Gasteiger partial charge in [0.25, 0.3) is 11.8 Å². The van der Waals surface area contributed by atoms with E-state index in [2.05, 4.69) is 38.6 Å². The fourth-order valence-electron chi connectivity index (χ4n) is 9.85. The van der Waals surface area contributed by atoms with Gasteiger partial charge in [0.15, 0.2) is 5.75 Å². The van der Waals surface area contributed by atoms with Crippen molar-refractivity contribution in [1.29, 1.82) is 0 Å². The number of thioether (sulfide) groups is 2. The lowest BCUT2D eigenvalue weighted by Gasteiger charge is -2.17. The number of phenolic OH excluding ortho intramolecular Hbond substituents is 1. The van der Waals surface area contributed by atoms with Gasteiger partial charge in [-0.2, -0.15) is 0 Å². The van der Waals surface area contributed by atoms with Gasteiger partial charge in [-0.05, 0) is 97.5 Å². The summed E-state index contributed by atoms with van der Waals surface area (Å²) in [5, 5.41) is 47.6. The molecule has 7 N–H and O–H groups in total. The number of carbonyl (C=O) groups excluding carboxylic acids is 3. The number of aromatic hydroxyl groups is 2. The van der Waals surface area contributed by atoms with E-state index in [4.69, 9.17) is 25.1 Å². The second kappa shape index (κ2) is 36.1. The molecule has 7 aromatic rings. The maximum absolute atomic E-state index is 13.5. The number of amides is 2. The van der Waals surface area contributed by atoms with Crippen LogP contribution in [0.25, 0.3) is 21.5 Å². The van der Waals surface area contributed by atoms with E-state index >= 15 is 0 Å². The Balaban J connectivity index is 0.000000318. The molecule has 0 aliphatic carbocycles. The van der Waals surface area contributed by atoms with Crippen LogP contribution >= 0.6 is 23.5 Å². The molecule has 0 atom stereocenters. The number of nitrogens with one attached hydrogen (secondary N) is 2. The van der Waals surface area contributed by atoms with Gasteiger partial charge in [0, 0.05) is 44.5 Å². The standard InChI is InChI=1S/C40H56N6O7S2.C26H29NO5S/c1-3-5-6-7-8-9-10-11-12-13-14-15-16-19-25-55(50,51)43-34-26-30(29-54-40-42-44-45-46(40)28-37(47)52-24-4-2)22-23-35(34)53-36-27-33(39(41)49)38(48)32-21-18-17-20-31(32)36;1-16-8-9-21(18(3)14-16)32-12-5-11-27-26(31)20-15-22(33-13-10-23(28)29)24-17(2)6-4-7-19(24)25(20)30/h17-18,20-23,26-27,43,48H,3-16,19,24-25,28-29H2,1-2H3,(H2,41,49);4,6-9,14-15,30H,5,10-13H2,1-3H3,(H,27,31)(H,28,29). The number of nitrogens with zero attached hydrogens (tertiary/aromatic N) is 4. The maximum atomic E-state index is 13.5. The van der Waals surface area contributed by atoms with Crippen LogP contribution in [0.1, 0.15) is 166 Å². The topological polar surface area (TPSA) is 284 Å². The lowest BCUT2D eigenvalue weighted by Crippen LogP contribution is -2.25. The Morgan fingerprint density at radius 1 is 0.670 bits per heavy atom. The van der Waals surface area contributed by atoms with E-state index in [-0.39, 0.29) is 64.4 Å². The van der Waals surface area contributed by atoms with E-state index in [1.54, 1.807) is 54.6 Å². The minimum atomic E-state index is -3.78. The Bertz CT molecular complexity index is 3560. The van der Waals surface area contributed by atoms with Gasteiger partial charge in [-0.3, -0.25) is 23.9 Å². The molecular formula is C66H85N7O12S3. The predicted molar refractivity (Wildman–Crippen MR) is 349 cm³/mol. The number of aromatic nitrogens is 4. The molecule has 0 fully saturated rings. The first kappa shape index (κ1) is 69.5. The molecule has 0 spiro atoms. The number of aliphatic carboxylic acids is 1. The van der Waals surface area contributed by atoms with Crippen molar-refractivity contribution in [2.24, 2.45) is 5.73 Å². The van der Waals surface area contributed by atoms with Gasteiger partial charge in [0.2, 0.25) is 15.2 Å². The largest absolute Gasteiger partial charge is 0.506 e. The number of carbonyl (C=O) groups is 4. The zero-order chi connectivity index (χ0) is 63.4. The highest BCUT2D eigenvalue weighted by Gasteiger charge is 2.22. The van der Waals surface area contributed by atoms with Crippen molar-refractivity contribution in [1.82, 2.24) is 25.5 Å². The Morgan fingerprint density at radius 2 is 1.33 bits per heavy atom. The zero-order valence-corrected chi connectivity index (χ0v) is 53.7.